The first-order valence-corrected chi connectivity index (χ1v) is 7.12. The predicted molar refractivity (Wildman–Crippen MR) is 82.6 cm³/mol. The molecule has 0 aliphatic carbocycles. The van der Waals surface area contributed by atoms with Gasteiger partial charge in [-0.15, -0.1) is 0 Å². The molecule has 21 heavy (non-hydrogen) atoms. The highest BCUT2D eigenvalue weighted by Gasteiger charge is 2.22. The van der Waals surface area contributed by atoms with Crippen molar-refractivity contribution in [1.29, 1.82) is 0 Å². The van der Waals surface area contributed by atoms with E-state index in [9.17, 15) is 4.79 Å². The molecule has 0 unspecified atom stereocenters. The van der Waals surface area contributed by atoms with Crippen LogP contribution in [0.15, 0.2) is 18.2 Å². The summed E-state index contributed by atoms with van der Waals surface area (Å²) in [6.07, 6.45) is 0. The number of hydroxylamine groups is 2. The minimum absolute atomic E-state index is 0.147. The number of hydrogen-bond donors (Lipinski definition) is 0. The predicted octanol–water partition coefficient (Wildman–Crippen LogP) is 3.00. The fourth-order valence-electron chi connectivity index (χ4n) is 2.59. The van der Waals surface area contributed by atoms with Crippen LogP contribution in [0.2, 0.25) is 0 Å². The maximum absolute atomic E-state index is 12.5. The van der Waals surface area contributed by atoms with Gasteiger partial charge >= 0.3 is 0 Å². The molecule has 5 heteroatoms. The average molecular weight is 290 g/mol. The van der Waals surface area contributed by atoms with E-state index in [1.54, 1.807) is 7.05 Å². The Morgan fingerprint density at radius 3 is 2.62 bits per heavy atom. The van der Waals surface area contributed by atoms with E-state index in [0.717, 1.165) is 28.8 Å². The van der Waals surface area contributed by atoms with Crippen LogP contribution in [-0.2, 0) is 11.4 Å². The first kappa shape index (κ1) is 15.4. The minimum Gasteiger partial charge on any atom is -0.494 e. The molecule has 1 heterocycles. The summed E-state index contributed by atoms with van der Waals surface area (Å²) in [7, 11) is 3.10. The number of ether oxygens (including phenoxy) is 1. The first-order chi connectivity index (χ1) is 10.0. The van der Waals surface area contributed by atoms with Gasteiger partial charge in [-0.2, -0.15) is 0 Å². The largest absolute Gasteiger partial charge is 0.494 e. The third-order valence-corrected chi connectivity index (χ3v) is 3.68. The molecule has 0 N–H and O–H groups in total. The lowest BCUT2D eigenvalue weighted by Gasteiger charge is -2.16. The van der Waals surface area contributed by atoms with Crippen LogP contribution in [0.25, 0.3) is 10.9 Å². The monoisotopic (exact) mass is 290 g/mol. The molecule has 2 aromatic rings. The van der Waals surface area contributed by atoms with Crippen LogP contribution in [0, 0.1) is 6.92 Å². The van der Waals surface area contributed by atoms with E-state index in [0.29, 0.717) is 12.3 Å². The van der Waals surface area contributed by atoms with Crippen molar-refractivity contribution in [2.45, 2.75) is 27.3 Å². The van der Waals surface area contributed by atoms with Crippen molar-refractivity contribution in [2.75, 3.05) is 20.8 Å². The van der Waals surface area contributed by atoms with Gasteiger partial charge in [0.1, 0.15) is 11.4 Å². The van der Waals surface area contributed by atoms with Gasteiger partial charge in [-0.1, -0.05) is 0 Å². The molecule has 1 aromatic carbocycles. The van der Waals surface area contributed by atoms with E-state index in [1.807, 2.05) is 43.5 Å². The summed E-state index contributed by atoms with van der Waals surface area (Å²) in [6.45, 7) is 7.28. The number of hydrogen-bond acceptors (Lipinski definition) is 3. The standard InChI is InChI=1S/C16H22N2O3/c1-6-18-14-9-8-12(21-7-2)10-13(14)11(3)15(18)16(19)17(4)20-5/h8-10H,6-7H2,1-5H3. The van der Waals surface area contributed by atoms with Crippen LogP contribution < -0.4 is 4.74 Å². The summed E-state index contributed by atoms with van der Waals surface area (Å²) in [6, 6.07) is 5.93. The summed E-state index contributed by atoms with van der Waals surface area (Å²) < 4.78 is 7.56. The molecule has 1 amide bonds. The third-order valence-electron chi connectivity index (χ3n) is 3.68. The highest BCUT2D eigenvalue weighted by Crippen LogP contribution is 2.30. The summed E-state index contributed by atoms with van der Waals surface area (Å²) in [5.41, 5.74) is 2.64. The molecule has 5 nitrogen and oxygen atoms in total. The normalized spacial score (nSPS) is 10.9. The molecule has 0 fully saturated rings. The molecule has 1 aromatic heterocycles. The van der Waals surface area contributed by atoms with Crippen molar-refractivity contribution in [3.05, 3.63) is 29.5 Å². The van der Waals surface area contributed by atoms with E-state index in [1.165, 1.54) is 12.2 Å². The summed E-state index contributed by atoms with van der Waals surface area (Å²) >= 11 is 0. The smallest absolute Gasteiger partial charge is 0.294 e. The van der Waals surface area contributed by atoms with Crippen LogP contribution in [0.5, 0.6) is 5.75 Å². The van der Waals surface area contributed by atoms with Gasteiger partial charge in [0.2, 0.25) is 0 Å². The van der Waals surface area contributed by atoms with Gasteiger partial charge in [0, 0.05) is 24.5 Å². The molecule has 0 radical (unpaired) electrons. The summed E-state index contributed by atoms with van der Waals surface area (Å²) in [4.78, 5) is 17.5. The van der Waals surface area contributed by atoms with Gasteiger partial charge in [0.25, 0.3) is 5.91 Å². The number of benzene rings is 1. The topological polar surface area (TPSA) is 43.7 Å². The van der Waals surface area contributed by atoms with Gasteiger partial charge < -0.3 is 9.30 Å². The molecule has 0 atom stereocenters. The fraction of sp³-hybridized carbons (Fsp3) is 0.438. The van der Waals surface area contributed by atoms with Crippen molar-refractivity contribution in [3.63, 3.8) is 0 Å². The van der Waals surface area contributed by atoms with Crippen molar-refractivity contribution in [1.82, 2.24) is 9.63 Å². The zero-order chi connectivity index (χ0) is 15.6. The van der Waals surface area contributed by atoms with Crippen LogP contribution in [-0.4, -0.2) is 36.3 Å². The lowest BCUT2D eigenvalue weighted by atomic mass is 10.1. The second-order valence-electron chi connectivity index (χ2n) is 4.82. The Labute approximate surface area is 125 Å². The van der Waals surface area contributed by atoms with E-state index in [-0.39, 0.29) is 5.91 Å². The van der Waals surface area contributed by atoms with Crippen molar-refractivity contribution >= 4 is 16.8 Å². The minimum atomic E-state index is -0.147. The number of aryl methyl sites for hydroxylation is 2. The Hall–Kier alpha value is -2.01. The second kappa shape index (κ2) is 6.18. The lowest BCUT2D eigenvalue weighted by Crippen LogP contribution is -2.28. The molecular weight excluding hydrogens is 268 g/mol. The Kier molecular flexibility index (Phi) is 4.53. The Morgan fingerprint density at radius 1 is 1.33 bits per heavy atom. The molecule has 0 saturated carbocycles. The summed E-state index contributed by atoms with van der Waals surface area (Å²) in [5.74, 6) is 0.673. The number of amides is 1. The van der Waals surface area contributed by atoms with E-state index in [2.05, 4.69) is 0 Å². The van der Waals surface area contributed by atoms with E-state index in [4.69, 9.17) is 9.57 Å². The quantitative estimate of drug-likeness (QED) is 0.795. The molecular formula is C16H22N2O3. The fourth-order valence-corrected chi connectivity index (χ4v) is 2.59. The van der Waals surface area contributed by atoms with Crippen LogP contribution in [0.1, 0.15) is 29.9 Å². The van der Waals surface area contributed by atoms with Crippen LogP contribution >= 0.6 is 0 Å². The zero-order valence-corrected chi connectivity index (χ0v) is 13.3. The number of fused-ring (bicyclic) bond motifs is 1. The highest BCUT2D eigenvalue weighted by atomic mass is 16.7. The summed E-state index contributed by atoms with van der Waals surface area (Å²) in [5, 5.41) is 2.28. The van der Waals surface area contributed by atoms with Gasteiger partial charge in [0.05, 0.1) is 13.7 Å². The van der Waals surface area contributed by atoms with Gasteiger partial charge in [-0.25, -0.2) is 5.06 Å². The van der Waals surface area contributed by atoms with Gasteiger partial charge in [0.15, 0.2) is 0 Å². The third kappa shape index (κ3) is 2.61. The van der Waals surface area contributed by atoms with Crippen molar-refractivity contribution < 1.29 is 14.4 Å². The number of aromatic nitrogens is 1. The molecule has 2 rings (SSSR count). The molecule has 0 aliphatic rings. The Bertz CT molecular complexity index is 661. The first-order valence-electron chi connectivity index (χ1n) is 7.12. The van der Waals surface area contributed by atoms with Gasteiger partial charge in [-0.05, 0) is 44.5 Å². The maximum Gasteiger partial charge on any atom is 0.294 e. The Morgan fingerprint density at radius 2 is 2.05 bits per heavy atom. The van der Waals surface area contributed by atoms with Crippen LogP contribution in [0.3, 0.4) is 0 Å². The molecule has 114 valence electrons. The average Bonchev–Trinajstić information content (AvgIpc) is 2.78. The van der Waals surface area contributed by atoms with Crippen LogP contribution in [0.4, 0.5) is 0 Å². The molecule has 0 spiro atoms. The number of carbonyl (C=O) groups is 1. The lowest BCUT2D eigenvalue weighted by molar-refractivity contribution is -0.0763. The maximum atomic E-state index is 12.5. The number of rotatable bonds is 5. The molecule has 0 aliphatic heterocycles. The van der Waals surface area contributed by atoms with E-state index < -0.39 is 0 Å². The van der Waals surface area contributed by atoms with Gasteiger partial charge in [-0.3, -0.25) is 9.63 Å². The number of nitrogens with zero attached hydrogens (tertiary/aromatic N) is 2. The highest BCUT2D eigenvalue weighted by molar-refractivity contribution is 6.01. The SMILES string of the molecule is CCOc1ccc2c(c1)c(C)c(C(=O)N(C)OC)n2CC. The van der Waals surface area contributed by atoms with E-state index >= 15 is 0 Å². The molecule has 0 saturated heterocycles. The van der Waals surface area contributed by atoms with Crippen molar-refractivity contribution in [3.8, 4) is 5.75 Å². The Balaban J connectivity index is 2.65. The zero-order valence-electron chi connectivity index (χ0n) is 13.3. The second-order valence-corrected chi connectivity index (χ2v) is 4.82. The van der Waals surface area contributed by atoms with Crippen molar-refractivity contribution in [2.24, 2.45) is 0 Å². The number of carbonyl (C=O) groups excluding carboxylic acids is 1. The molecule has 0 bridgehead atoms.